The van der Waals surface area contributed by atoms with Gasteiger partial charge in [-0.15, -0.1) is 0 Å². The maximum absolute atomic E-state index is 10.7. The third kappa shape index (κ3) is 2.85. The highest BCUT2D eigenvalue weighted by Crippen LogP contribution is 2.11. The minimum atomic E-state index is -0.829. The van der Waals surface area contributed by atoms with Gasteiger partial charge < -0.3 is 5.11 Å². The van der Waals surface area contributed by atoms with Crippen LogP contribution in [0.25, 0.3) is 11.3 Å². The SMILES string of the molecule is CC(C[n+]1ccc(-c2ccncn2)cn1)C(=O)O. The minimum absolute atomic E-state index is 0.347. The molecule has 0 aromatic carbocycles. The second-order valence-electron chi connectivity index (χ2n) is 3.97. The number of nitrogens with zero attached hydrogens (tertiary/aromatic N) is 4. The molecule has 6 nitrogen and oxygen atoms in total. The highest BCUT2D eigenvalue weighted by molar-refractivity contribution is 5.69. The van der Waals surface area contributed by atoms with Crippen molar-refractivity contribution in [1.82, 2.24) is 15.1 Å². The fourth-order valence-electron chi connectivity index (χ4n) is 1.46. The first-order valence-corrected chi connectivity index (χ1v) is 5.52. The van der Waals surface area contributed by atoms with Crippen LogP contribution in [0, 0.1) is 5.92 Å². The van der Waals surface area contributed by atoms with E-state index < -0.39 is 11.9 Å². The Morgan fingerprint density at radius 3 is 2.89 bits per heavy atom. The minimum Gasteiger partial charge on any atom is -0.481 e. The van der Waals surface area contributed by atoms with Crippen LogP contribution in [-0.4, -0.2) is 26.1 Å². The van der Waals surface area contributed by atoms with E-state index in [1.165, 1.54) is 6.33 Å². The molecule has 1 N–H and O–H groups in total. The van der Waals surface area contributed by atoms with Crippen LogP contribution < -0.4 is 4.68 Å². The number of hydrogen-bond donors (Lipinski definition) is 1. The third-order valence-corrected chi connectivity index (χ3v) is 2.53. The monoisotopic (exact) mass is 245 g/mol. The van der Waals surface area contributed by atoms with E-state index in [1.807, 2.05) is 6.07 Å². The number of aromatic nitrogens is 4. The van der Waals surface area contributed by atoms with Gasteiger partial charge in [0.05, 0.1) is 5.69 Å². The van der Waals surface area contributed by atoms with Crippen molar-refractivity contribution in [2.24, 2.45) is 5.92 Å². The predicted octanol–water partition coefficient (Wildman–Crippen LogP) is 0.547. The Morgan fingerprint density at radius 2 is 2.33 bits per heavy atom. The largest absolute Gasteiger partial charge is 0.481 e. The summed E-state index contributed by atoms with van der Waals surface area (Å²) < 4.78 is 1.60. The van der Waals surface area contributed by atoms with E-state index in [4.69, 9.17) is 5.11 Å². The van der Waals surface area contributed by atoms with E-state index in [2.05, 4.69) is 15.1 Å². The molecule has 2 aromatic rings. The molecule has 1 unspecified atom stereocenters. The number of hydrogen-bond acceptors (Lipinski definition) is 4. The van der Waals surface area contributed by atoms with Crippen LogP contribution in [0.5, 0.6) is 0 Å². The normalized spacial score (nSPS) is 12.1. The van der Waals surface area contributed by atoms with Gasteiger partial charge in [0.25, 0.3) is 0 Å². The van der Waals surface area contributed by atoms with Crippen LogP contribution in [-0.2, 0) is 11.3 Å². The van der Waals surface area contributed by atoms with Crippen molar-refractivity contribution in [2.45, 2.75) is 13.5 Å². The lowest BCUT2D eigenvalue weighted by molar-refractivity contribution is -0.757. The van der Waals surface area contributed by atoms with E-state index in [1.54, 1.807) is 36.3 Å². The molecule has 0 aliphatic carbocycles. The molecular formula is C12H13N4O2+. The summed E-state index contributed by atoms with van der Waals surface area (Å²) in [6.07, 6.45) is 6.55. The standard InChI is InChI=1S/C12H12N4O2/c1-9(12(17)18)7-16-5-3-10(6-15-16)11-2-4-13-8-14-11/h2-6,8-9H,7H2,1H3/p+1. The molecule has 92 valence electrons. The molecule has 0 fully saturated rings. The zero-order chi connectivity index (χ0) is 13.0. The Hall–Kier alpha value is -2.37. The Labute approximate surface area is 104 Å². The van der Waals surface area contributed by atoms with Crippen molar-refractivity contribution in [3.8, 4) is 11.3 Å². The van der Waals surface area contributed by atoms with Gasteiger partial charge >= 0.3 is 5.97 Å². The Morgan fingerprint density at radius 1 is 1.50 bits per heavy atom. The summed E-state index contributed by atoms with van der Waals surface area (Å²) in [6.45, 7) is 1.99. The van der Waals surface area contributed by atoms with Gasteiger partial charge in [-0.2, -0.15) is 0 Å². The summed E-state index contributed by atoms with van der Waals surface area (Å²) in [7, 11) is 0. The van der Waals surface area contributed by atoms with E-state index in [9.17, 15) is 4.79 Å². The maximum Gasteiger partial charge on any atom is 0.312 e. The highest BCUT2D eigenvalue weighted by atomic mass is 16.4. The topological polar surface area (TPSA) is 79.8 Å². The van der Waals surface area contributed by atoms with Gasteiger partial charge in [-0.1, -0.05) is 4.68 Å². The van der Waals surface area contributed by atoms with Gasteiger partial charge in [0.1, 0.15) is 18.4 Å². The molecule has 2 aromatic heterocycles. The average molecular weight is 245 g/mol. The Bertz CT molecular complexity index is 528. The number of rotatable bonds is 4. The molecule has 2 heterocycles. The van der Waals surface area contributed by atoms with Crippen LogP contribution in [0.15, 0.2) is 37.1 Å². The Kier molecular flexibility index (Phi) is 3.57. The molecule has 2 rings (SSSR count). The molecule has 0 bridgehead atoms. The second-order valence-corrected chi connectivity index (χ2v) is 3.97. The van der Waals surface area contributed by atoms with Gasteiger partial charge in [-0.3, -0.25) is 4.79 Å². The number of carboxylic acids is 1. The smallest absolute Gasteiger partial charge is 0.312 e. The molecule has 18 heavy (non-hydrogen) atoms. The zero-order valence-corrected chi connectivity index (χ0v) is 9.89. The van der Waals surface area contributed by atoms with Gasteiger partial charge in [0.2, 0.25) is 0 Å². The first-order valence-electron chi connectivity index (χ1n) is 5.52. The van der Waals surface area contributed by atoms with Crippen LogP contribution in [0.4, 0.5) is 0 Å². The van der Waals surface area contributed by atoms with Crippen molar-refractivity contribution >= 4 is 5.97 Å². The van der Waals surface area contributed by atoms with Gasteiger partial charge in [-0.25, -0.2) is 9.97 Å². The van der Waals surface area contributed by atoms with E-state index >= 15 is 0 Å². The third-order valence-electron chi connectivity index (χ3n) is 2.53. The van der Waals surface area contributed by atoms with Crippen LogP contribution >= 0.6 is 0 Å². The van der Waals surface area contributed by atoms with Crippen LogP contribution in [0.3, 0.4) is 0 Å². The highest BCUT2D eigenvalue weighted by Gasteiger charge is 2.17. The number of aliphatic carboxylic acids is 1. The molecule has 1 atom stereocenters. The van der Waals surface area contributed by atoms with Crippen molar-refractivity contribution in [2.75, 3.05) is 0 Å². The number of carbonyl (C=O) groups is 1. The fourth-order valence-corrected chi connectivity index (χ4v) is 1.46. The second kappa shape index (κ2) is 5.31. The molecule has 0 saturated carbocycles. The summed E-state index contributed by atoms with van der Waals surface area (Å²) in [4.78, 5) is 18.7. The summed E-state index contributed by atoms with van der Waals surface area (Å²) in [6, 6.07) is 3.64. The van der Waals surface area contributed by atoms with E-state index in [0.717, 1.165) is 11.3 Å². The molecule has 0 amide bonds. The summed E-state index contributed by atoms with van der Waals surface area (Å²) in [5, 5.41) is 13.0. The zero-order valence-electron chi connectivity index (χ0n) is 9.89. The first-order chi connectivity index (χ1) is 8.66. The van der Waals surface area contributed by atoms with Crippen molar-refractivity contribution in [3.63, 3.8) is 0 Å². The maximum atomic E-state index is 10.7. The molecule has 0 aliphatic heterocycles. The Balaban J connectivity index is 2.13. The fraction of sp³-hybridized carbons (Fsp3) is 0.250. The lowest BCUT2D eigenvalue weighted by Crippen LogP contribution is -2.42. The summed E-state index contributed by atoms with van der Waals surface area (Å²) in [5.41, 5.74) is 1.66. The van der Waals surface area contributed by atoms with E-state index in [0.29, 0.717) is 6.54 Å². The lowest BCUT2D eigenvalue weighted by Gasteiger charge is -2.01. The average Bonchev–Trinajstić information content (AvgIpc) is 2.40. The van der Waals surface area contributed by atoms with Gasteiger partial charge in [-0.05, 0) is 18.1 Å². The molecule has 6 heteroatoms. The number of carboxylic acid groups (broad SMARTS) is 1. The molecule has 0 radical (unpaired) electrons. The van der Waals surface area contributed by atoms with Crippen LogP contribution in [0.1, 0.15) is 6.92 Å². The molecular weight excluding hydrogens is 232 g/mol. The molecule has 0 saturated heterocycles. The quantitative estimate of drug-likeness (QED) is 0.795. The molecule has 0 spiro atoms. The first kappa shape index (κ1) is 12.1. The predicted molar refractivity (Wildman–Crippen MR) is 62.3 cm³/mol. The van der Waals surface area contributed by atoms with E-state index in [-0.39, 0.29) is 0 Å². The summed E-state index contributed by atoms with van der Waals surface area (Å²) in [5.74, 6) is -1.29. The van der Waals surface area contributed by atoms with Gasteiger partial charge in [0.15, 0.2) is 12.7 Å². The van der Waals surface area contributed by atoms with Crippen molar-refractivity contribution in [1.29, 1.82) is 0 Å². The summed E-state index contributed by atoms with van der Waals surface area (Å²) >= 11 is 0. The van der Waals surface area contributed by atoms with Gasteiger partial charge in [0, 0.05) is 17.8 Å². The lowest BCUT2D eigenvalue weighted by atomic mass is 10.2. The van der Waals surface area contributed by atoms with Crippen molar-refractivity contribution < 1.29 is 14.6 Å². The van der Waals surface area contributed by atoms with Crippen LogP contribution in [0.2, 0.25) is 0 Å². The molecule has 0 aliphatic rings. The van der Waals surface area contributed by atoms with Crippen molar-refractivity contribution in [3.05, 3.63) is 37.1 Å².